The summed E-state index contributed by atoms with van der Waals surface area (Å²) in [6, 6.07) is 3.56. The fourth-order valence-electron chi connectivity index (χ4n) is 7.76. The Morgan fingerprint density at radius 1 is 0.939 bits per heavy atom. The number of esters is 1. The highest BCUT2D eigenvalue weighted by molar-refractivity contribution is 6.05. The van der Waals surface area contributed by atoms with E-state index in [1.54, 1.807) is 6.07 Å². The molecule has 1 aromatic rings. The van der Waals surface area contributed by atoms with Gasteiger partial charge in [0.05, 0.1) is 18.4 Å². The normalized spacial score (nSPS) is 18.4. The van der Waals surface area contributed by atoms with E-state index in [-0.39, 0.29) is 59.3 Å². The van der Waals surface area contributed by atoms with E-state index >= 15 is 0 Å². The molecular weight excluding hydrogens is 616 g/mol. The molecule has 0 saturated carbocycles. The number of anilines is 1. The highest BCUT2D eigenvalue weighted by Crippen LogP contribution is 2.49. The van der Waals surface area contributed by atoms with Crippen LogP contribution < -0.4 is 5.12 Å². The fourth-order valence-corrected chi connectivity index (χ4v) is 7.76. The molecule has 1 saturated heterocycles. The van der Waals surface area contributed by atoms with Crippen LogP contribution in [-0.4, -0.2) is 54.4 Å². The summed E-state index contributed by atoms with van der Waals surface area (Å²) in [6.45, 7) is 37.1. The molecule has 3 unspecified atom stereocenters. The second-order valence-corrected chi connectivity index (χ2v) is 19.2. The van der Waals surface area contributed by atoms with Crippen molar-refractivity contribution in [2.45, 2.75) is 134 Å². The number of hydrazone groups is 2. The summed E-state index contributed by atoms with van der Waals surface area (Å²) in [7, 11) is 0. The zero-order chi connectivity index (χ0) is 37.9. The number of benzene rings is 1. The monoisotopic (exact) mass is 683 g/mol. The van der Waals surface area contributed by atoms with Crippen molar-refractivity contribution in [1.82, 2.24) is 4.90 Å². The van der Waals surface area contributed by atoms with Crippen LogP contribution in [0.5, 0.6) is 5.75 Å². The Hall–Kier alpha value is -3.23. The van der Waals surface area contributed by atoms with E-state index in [4.69, 9.17) is 4.74 Å². The molecule has 0 spiro atoms. The average Bonchev–Trinajstić information content (AvgIpc) is 3.15. The van der Waals surface area contributed by atoms with E-state index in [2.05, 4.69) is 79.0 Å². The summed E-state index contributed by atoms with van der Waals surface area (Å²) in [5.74, 6) is -1.38. The van der Waals surface area contributed by atoms with Crippen molar-refractivity contribution in [1.29, 1.82) is 0 Å². The number of hydrogen-bond acceptors (Lipinski definition) is 8. The van der Waals surface area contributed by atoms with E-state index in [1.165, 1.54) is 4.90 Å². The zero-order valence-corrected chi connectivity index (χ0v) is 33.1. The van der Waals surface area contributed by atoms with Gasteiger partial charge in [-0.15, -0.1) is 5.12 Å². The van der Waals surface area contributed by atoms with Gasteiger partial charge in [-0.1, -0.05) is 103 Å². The molecule has 9 nitrogen and oxygen atoms in total. The lowest BCUT2D eigenvalue weighted by Crippen LogP contribution is -2.36. The molecule has 1 N–H and O–H groups in total. The predicted molar refractivity (Wildman–Crippen MR) is 201 cm³/mol. The van der Waals surface area contributed by atoms with Crippen LogP contribution in [0.15, 0.2) is 22.3 Å². The average molecular weight is 683 g/mol. The molecule has 1 aliphatic rings. The minimum absolute atomic E-state index is 0.0212. The Morgan fingerprint density at radius 3 is 1.98 bits per heavy atom. The van der Waals surface area contributed by atoms with Crippen LogP contribution in [0.1, 0.15) is 134 Å². The van der Waals surface area contributed by atoms with E-state index in [0.717, 1.165) is 23.5 Å². The third-order valence-electron chi connectivity index (χ3n) is 9.66. The second kappa shape index (κ2) is 15.3. The summed E-state index contributed by atoms with van der Waals surface area (Å²) in [5, 5.41) is 19.7. The first kappa shape index (κ1) is 41.9. The minimum Gasteiger partial charge on any atom is -0.505 e. The van der Waals surface area contributed by atoms with Crippen LogP contribution in [0.25, 0.3) is 0 Å². The van der Waals surface area contributed by atoms with E-state index in [9.17, 15) is 19.5 Å². The molecule has 1 aromatic carbocycles. The van der Waals surface area contributed by atoms with Gasteiger partial charge in [-0.2, -0.15) is 10.2 Å². The minimum atomic E-state index is -0.443. The van der Waals surface area contributed by atoms with Gasteiger partial charge in [0.25, 0.3) is 0 Å². The number of ether oxygens (including phenoxy) is 1. The lowest BCUT2D eigenvalue weighted by Gasteiger charge is -2.42. The standard InChI is InChI=1S/C40H66N4O5/c1-36(2,3)25-40(13,14)24-27(37(4,5)6)23-28-32(39(10,11)12)35(48)43(34(28)47)19-20-49-31(45)18-17-26-21-29(38(7,8)9)33(46)30(22-26)44(41-15)42-16/h21-22,27-28,32,46H,15-20,23-25H2,1-14H3. The lowest BCUT2D eigenvalue weighted by atomic mass is 9.62. The molecule has 3 atom stereocenters. The number of carbonyl (C=O) groups is 3. The van der Waals surface area contributed by atoms with Crippen molar-refractivity contribution in [3.63, 3.8) is 0 Å². The van der Waals surface area contributed by atoms with Crippen molar-refractivity contribution in [2.24, 2.45) is 49.6 Å². The van der Waals surface area contributed by atoms with Gasteiger partial charge in [0, 0.05) is 25.4 Å². The van der Waals surface area contributed by atoms with Crippen LogP contribution >= 0.6 is 0 Å². The van der Waals surface area contributed by atoms with Gasteiger partial charge >= 0.3 is 5.97 Å². The number of aromatic hydroxyl groups is 1. The van der Waals surface area contributed by atoms with Crippen molar-refractivity contribution >= 4 is 36.9 Å². The SMILES string of the molecule is C=NN(N=C)c1cc(CCC(=O)OCCN2C(=O)C(CC(CC(C)(C)CC(C)(C)C)C(C)(C)C)C(C(C)(C)C)C2=O)cc(C(C)(C)C)c1O. The van der Waals surface area contributed by atoms with Crippen LogP contribution in [-0.2, 0) is 31.0 Å². The summed E-state index contributed by atoms with van der Waals surface area (Å²) >= 11 is 0. The first-order valence-corrected chi connectivity index (χ1v) is 17.7. The van der Waals surface area contributed by atoms with E-state index < -0.39 is 28.6 Å². The number of phenolic OH excluding ortho intramolecular Hbond substituents is 1. The van der Waals surface area contributed by atoms with Gasteiger partial charge in [0.15, 0.2) is 0 Å². The Kier molecular flexibility index (Phi) is 13.1. The molecule has 2 rings (SSSR count). The van der Waals surface area contributed by atoms with E-state index in [1.807, 2.05) is 47.6 Å². The predicted octanol–water partition coefficient (Wildman–Crippen LogP) is 8.76. The number of rotatable bonds is 14. The van der Waals surface area contributed by atoms with Crippen LogP contribution in [0.4, 0.5) is 5.69 Å². The Morgan fingerprint density at radius 2 is 1.51 bits per heavy atom. The molecule has 1 fully saturated rings. The maximum Gasteiger partial charge on any atom is 0.306 e. The molecule has 0 bridgehead atoms. The fraction of sp³-hybridized carbons (Fsp3) is 0.725. The van der Waals surface area contributed by atoms with Crippen LogP contribution in [0, 0.1) is 39.4 Å². The molecular formula is C40H66N4O5. The molecule has 1 heterocycles. The summed E-state index contributed by atoms with van der Waals surface area (Å²) in [5.41, 5.74) is 1.20. The van der Waals surface area contributed by atoms with Gasteiger partial charge in [-0.3, -0.25) is 19.3 Å². The molecule has 9 heteroatoms. The molecule has 1 aliphatic heterocycles. The summed E-state index contributed by atoms with van der Waals surface area (Å²) in [4.78, 5) is 42.1. The largest absolute Gasteiger partial charge is 0.505 e. The molecule has 49 heavy (non-hydrogen) atoms. The number of imide groups is 1. The highest BCUT2D eigenvalue weighted by Gasteiger charge is 2.53. The topological polar surface area (TPSA) is 112 Å². The first-order valence-electron chi connectivity index (χ1n) is 17.7. The number of likely N-dealkylation sites (tertiary alicyclic amines) is 1. The van der Waals surface area contributed by atoms with Crippen molar-refractivity contribution < 1.29 is 24.2 Å². The second-order valence-electron chi connectivity index (χ2n) is 19.2. The molecule has 2 amide bonds. The summed E-state index contributed by atoms with van der Waals surface area (Å²) < 4.78 is 5.57. The Labute approximate surface area is 296 Å². The number of carbonyl (C=O) groups excluding carboxylic acids is 3. The number of nitrogens with zero attached hydrogens (tertiary/aromatic N) is 4. The zero-order valence-electron chi connectivity index (χ0n) is 33.1. The van der Waals surface area contributed by atoms with Crippen molar-refractivity contribution in [2.75, 3.05) is 18.3 Å². The smallest absolute Gasteiger partial charge is 0.306 e. The highest BCUT2D eigenvalue weighted by atomic mass is 16.5. The molecule has 0 aliphatic carbocycles. The lowest BCUT2D eigenvalue weighted by molar-refractivity contribution is -0.148. The quantitative estimate of drug-likeness (QED) is 0.0909. The number of hydrogen-bond donors (Lipinski definition) is 1. The molecule has 0 aromatic heterocycles. The molecule has 276 valence electrons. The van der Waals surface area contributed by atoms with Gasteiger partial charge in [-0.25, -0.2) is 0 Å². The molecule has 0 radical (unpaired) electrons. The van der Waals surface area contributed by atoms with Gasteiger partial charge in [0.1, 0.15) is 18.0 Å². The third-order valence-corrected chi connectivity index (χ3v) is 9.66. The van der Waals surface area contributed by atoms with E-state index in [0.29, 0.717) is 24.1 Å². The first-order chi connectivity index (χ1) is 22.1. The number of phenols is 1. The van der Waals surface area contributed by atoms with Gasteiger partial charge in [0.2, 0.25) is 11.8 Å². The number of aryl methyl sites for hydroxylation is 1. The van der Waals surface area contributed by atoms with Gasteiger partial charge < -0.3 is 9.84 Å². The Balaban J connectivity index is 2.19. The van der Waals surface area contributed by atoms with Crippen LogP contribution in [0.2, 0.25) is 0 Å². The summed E-state index contributed by atoms with van der Waals surface area (Å²) in [6.07, 6.45) is 3.08. The van der Waals surface area contributed by atoms with Crippen molar-refractivity contribution in [3.05, 3.63) is 23.3 Å². The number of amides is 2. The van der Waals surface area contributed by atoms with Crippen LogP contribution in [0.3, 0.4) is 0 Å². The van der Waals surface area contributed by atoms with Gasteiger partial charge in [-0.05, 0) is 70.3 Å². The third kappa shape index (κ3) is 11.4. The van der Waals surface area contributed by atoms with Crippen molar-refractivity contribution in [3.8, 4) is 5.75 Å². The Bertz CT molecular complexity index is 1360. The maximum absolute atomic E-state index is 14.0. The maximum atomic E-state index is 14.0.